The third kappa shape index (κ3) is 1.96. The highest BCUT2D eigenvalue weighted by molar-refractivity contribution is 5.95. The largest absolute Gasteiger partial charge is 0.397 e. The summed E-state index contributed by atoms with van der Waals surface area (Å²) in [5, 5.41) is 3.34. The number of hydrogen-bond donors (Lipinski definition) is 3. The molecule has 1 aliphatic rings. The van der Waals surface area contributed by atoms with Crippen LogP contribution in [0.25, 0.3) is 0 Å². The van der Waals surface area contributed by atoms with Gasteiger partial charge in [-0.1, -0.05) is 13.8 Å². The Morgan fingerprint density at radius 2 is 2.12 bits per heavy atom. The van der Waals surface area contributed by atoms with E-state index in [-0.39, 0.29) is 0 Å². The zero-order valence-electron chi connectivity index (χ0n) is 9.58. The van der Waals surface area contributed by atoms with Gasteiger partial charge in [0.1, 0.15) is 0 Å². The number of benzene rings is 1. The molecule has 0 spiro atoms. The summed E-state index contributed by atoms with van der Waals surface area (Å²) in [5.41, 5.74) is 13.3. The Balaban J connectivity index is 2.20. The van der Waals surface area contributed by atoms with Crippen LogP contribution in [-0.4, -0.2) is 11.9 Å². The number of rotatable bonds is 3. The first-order valence-corrected chi connectivity index (χ1v) is 5.36. The first-order valence-electron chi connectivity index (χ1n) is 5.36. The Hall–Kier alpha value is -1.71. The van der Waals surface area contributed by atoms with Gasteiger partial charge >= 0.3 is 0 Å². The van der Waals surface area contributed by atoms with Crippen molar-refractivity contribution in [3.63, 3.8) is 0 Å². The number of nitrogen functional groups attached to an aromatic ring is 1. The number of carbonyl (C=O) groups is 1. The number of primary amides is 1. The van der Waals surface area contributed by atoms with Crippen LogP contribution in [0, 0.1) is 5.41 Å². The standard InChI is InChI=1S/C12H17N3O/c1-12(2)6-10(12)15-9-5-7(11(14)16)3-4-8(9)13/h3-5,10,15H,6,13H2,1-2H3,(H2,14,16). The predicted octanol–water partition coefficient (Wildman–Crippen LogP) is 1.58. The number of nitrogens with one attached hydrogen (secondary N) is 1. The molecule has 1 unspecified atom stereocenters. The zero-order valence-corrected chi connectivity index (χ0v) is 9.58. The van der Waals surface area contributed by atoms with Crippen molar-refractivity contribution in [1.29, 1.82) is 0 Å². The van der Waals surface area contributed by atoms with Crippen LogP contribution in [0.5, 0.6) is 0 Å². The van der Waals surface area contributed by atoms with E-state index in [1.165, 1.54) is 0 Å². The molecular formula is C12H17N3O. The van der Waals surface area contributed by atoms with Gasteiger partial charge in [-0.2, -0.15) is 0 Å². The summed E-state index contributed by atoms with van der Waals surface area (Å²) in [6, 6.07) is 5.49. The molecule has 0 aliphatic heterocycles. The minimum Gasteiger partial charge on any atom is -0.397 e. The van der Waals surface area contributed by atoms with Gasteiger partial charge in [-0.25, -0.2) is 0 Å². The molecule has 2 rings (SSSR count). The zero-order chi connectivity index (χ0) is 11.9. The third-order valence-electron chi connectivity index (χ3n) is 3.18. The first kappa shape index (κ1) is 10.8. The topological polar surface area (TPSA) is 81.1 Å². The summed E-state index contributed by atoms with van der Waals surface area (Å²) < 4.78 is 0. The molecule has 1 saturated carbocycles. The van der Waals surface area contributed by atoms with Crippen molar-refractivity contribution in [3.05, 3.63) is 23.8 Å². The second-order valence-corrected chi connectivity index (χ2v) is 5.06. The maximum absolute atomic E-state index is 11.0. The summed E-state index contributed by atoms with van der Waals surface area (Å²) in [6.07, 6.45) is 1.12. The number of anilines is 2. The highest BCUT2D eigenvalue weighted by Gasteiger charge is 2.45. The van der Waals surface area contributed by atoms with Crippen molar-refractivity contribution in [2.24, 2.45) is 11.1 Å². The lowest BCUT2D eigenvalue weighted by Gasteiger charge is -2.11. The van der Waals surface area contributed by atoms with E-state index in [9.17, 15) is 4.79 Å². The van der Waals surface area contributed by atoms with Crippen LogP contribution < -0.4 is 16.8 Å². The minimum absolute atomic E-state index is 0.315. The van der Waals surface area contributed by atoms with E-state index in [0.717, 1.165) is 12.1 Å². The van der Waals surface area contributed by atoms with Crippen molar-refractivity contribution >= 4 is 17.3 Å². The Morgan fingerprint density at radius 1 is 1.50 bits per heavy atom. The summed E-state index contributed by atoms with van der Waals surface area (Å²) in [4.78, 5) is 11.0. The molecule has 0 bridgehead atoms. The van der Waals surface area contributed by atoms with Gasteiger partial charge in [0, 0.05) is 11.6 Å². The van der Waals surface area contributed by atoms with Crippen LogP contribution in [0.1, 0.15) is 30.6 Å². The van der Waals surface area contributed by atoms with Gasteiger partial charge in [0.15, 0.2) is 0 Å². The van der Waals surface area contributed by atoms with Crippen LogP contribution in [0.15, 0.2) is 18.2 Å². The summed E-state index contributed by atoms with van der Waals surface area (Å²) in [7, 11) is 0. The molecule has 4 heteroatoms. The van der Waals surface area contributed by atoms with Crippen LogP contribution >= 0.6 is 0 Å². The van der Waals surface area contributed by atoms with Crippen LogP contribution in [0.3, 0.4) is 0 Å². The molecule has 0 radical (unpaired) electrons. The summed E-state index contributed by atoms with van der Waals surface area (Å²) in [5.74, 6) is -0.432. The Labute approximate surface area is 95.0 Å². The molecule has 1 fully saturated rings. The van der Waals surface area contributed by atoms with Crippen molar-refractivity contribution in [1.82, 2.24) is 0 Å². The van der Waals surface area contributed by atoms with Gasteiger partial charge < -0.3 is 16.8 Å². The van der Waals surface area contributed by atoms with Crippen LogP contribution in [0.2, 0.25) is 0 Å². The average molecular weight is 219 g/mol. The molecule has 0 saturated heterocycles. The first-order chi connectivity index (χ1) is 7.40. The Bertz CT molecular complexity index is 440. The van der Waals surface area contributed by atoms with Crippen molar-refractivity contribution in [2.45, 2.75) is 26.3 Å². The summed E-state index contributed by atoms with van der Waals surface area (Å²) in [6.45, 7) is 4.39. The maximum atomic E-state index is 11.0. The molecule has 4 nitrogen and oxygen atoms in total. The smallest absolute Gasteiger partial charge is 0.248 e. The van der Waals surface area contributed by atoms with E-state index in [2.05, 4.69) is 19.2 Å². The monoisotopic (exact) mass is 219 g/mol. The van der Waals surface area contributed by atoms with E-state index in [1.807, 2.05) is 0 Å². The second kappa shape index (κ2) is 3.40. The lowest BCUT2D eigenvalue weighted by atomic mass is 10.1. The van der Waals surface area contributed by atoms with Gasteiger partial charge in [0.2, 0.25) is 5.91 Å². The van der Waals surface area contributed by atoms with Gasteiger partial charge in [0.25, 0.3) is 0 Å². The quantitative estimate of drug-likeness (QED) is 0.675. The second-order valence-electron chi connectivity index (χ2n) is 5.06. The summed E-state index contributed by atoms with van der Waals surface area (Å²) >= 11 is 0. The SMILES string of the molecule is CC1(C)CC1Nc1cc(C(N)=O)ccc1N. The molecule has 1 aromatic rings. The van der Waals surface area contributed by atoms with Gasteiger partial charge in [-0.15, -0.1) is 0 Å². The maximum Gasteiger partial charge on any atom is 0.248 e. The van der Waals surface area contributed by atoms with Crippen LogP contribution in [0.4, 0.5) is 11.4 Å². The number of nitrogens with two attached hydrogens (primary N) is 2. The molecule has 1 atom stereocenters. The fourth-order valence-electron chi connectivity index (χ4n) is 1.74. The molecule has 86 valence electrons. The number of amides is 1. The predicted molar refractivity (Wildman–Crippen MR) is 65.2 cm³/mol. The molecule has 1 aliphatic carbocycles. The minimum atomic E-state index is -0.432. The third-order valence-corrected chi connectivity index (χ3v) is 3.18. The van der Waals surface area contributed by atoms with Crippen LogP contribution in [-0.2, 0) is 0 Å². The molecule has 0 heterocycles. The average Bonchev–Trinajstić information content (AvgIpc) is 2.77. The van der Waals surface area contributed by atoms with Crippen molar-refractivity contribution in [2.75, 3.05) is 11.1 Å². The molecular weight excluding hydrogens is 202 g/mol. The normalized spacial score (nSPS) is 21.5. The molecule has 5 N–H and O–H groups in total. The highest BCUT2D eigenvalue weighted by Crippen LogP contribution is 2.47. The molecule has 0 aromatic heterocycles. The van der Waals surface area contributed by atoms with Crippen molar-refractivity contribution in [3.8, 4) is 0 Å². The fourth-order valence-corrected chi connectivity index (χ4v) is 1.74. The van der Waals surface area contributed by atoms with E-state index >= 15 is 0 Å². The Morgan fingerprint density at radius 3 is 2.62 bits per heavy atom. The van der Waals surface area contributed by atoms with Crippen molar-refractivity contribution < 1.29 is 4.79 Å². The molecule has 1 aromatic carbocycles. The number of hydrogen-bond acceptors (Lipinski definition) is 3. The van der Waals surface area contributed by atoms with Gasteiger partial charge in [-0.05, 0) is 30.0 Å². The Kier molecular flexibility index (Phi) is 2.30. The van der Waals surface area contributed by atoms with Gasteiger partial charge in [-0.3, -0.25) is 4.79 Å². The lowest BCUT2D eigenvalue weighted by Crippen LogP contribution is -2.14. The fraction of sp³-hybridized carbons (Fsp3) is 0.417. The van der Waals surface area contributed by atoms with E-state index in [4.69, 9.17) is 11.5 Å². The van der Waals surface area contributed by atoms with E-state index in [1.54, 1.807) is 18.2 Å². The lowest BCUT2D eigenvalue weighted by molar-refractivity contribution is 0.100. The van der Waals surface area contributed by atoms with E-state index < -0.39 is 5.91 Å². The van der Waals surface area contributed by atoms with Gasteiger partial charge in [0.05, 0.1) is 11.4 Å². The highest BCUT2D eigenvalue weighted by atomic mass is 16.1. The molecule has 16 heavy (non-hydrogen) atoms. The van der Waals surface area contributed by atoms with E-state index in [0.29, 0.717) is 22.7 Å². The number of carbonyl (C=O) groups excluding carboxylic acids is 1. The molecule has 1 amide bonds.